The van der Waals surface area contributed by atoms with Crippen LogP contribution in [0.2, 0.25) is 0 Å². The summed E-state index contributed by atoms with van der Waals surface area (Å²) < 4.78 is 11.1. The number of methoxy groups -OCH3 is 1. The van der Waals surface area contributed by atoms with Crippen LogP contribution in [0.25, 0.3) is 0 Å². The Kier molecular flexibility index (Phi) is 9.29. The van der Waals surface area contributed by atoms with Crippen molar-refractivity contribution in [1.29, 1.82) is 0 Å². The van der Waals surface area contributed by atoms with Crippen molar-refractivity contribution in [2.75, 3.05) is 33.4 Å². The summed E-state index contributed by atoms with van der Waals surface area (Å²) in [6.07, 6.45) is 12.6. The highest BCUT2D eigenvalue weighted by atomic mass is 16.5. The lowest BCUT2D eigenvalue weighted by Crippen LogP contribution is -2.81. The number of esters is 1. The molecule has 0 aromatic carbocycles. The second-order valence-corrected chi connectivity index (χ2v) is 18.9. The second kappa shape index (κ2) is 13.0. The zero-order chi connectivity index (χ0) is 36.9. The van der Waals surface area contributed by atoms with Crippen LogP contribution >= 0.6 is 0 Å². The zero-order valence-electron chi connectivity index (χ0n) is 31.5. The van der Waals surface area contributed by atoms with Gasteiger partial charge in [-0.2, -0.15) is 0 Å². The van der Waals surface area contributed by atoms with Gasteiger partial charge in [-0.1, -0.05) is 45.6 Å². The number of aliphatic hydroxyl groups excluding tert-OH is 2. The molecular formula is C42H63NO9. The smallest absolute Gasteiger partial charge is 0.331 e. The van der Waals surface area contributed by atoms with Crippen molar-refractivity contribution in [3.63, 3.8) is 0 Å². The number of ether oxygens (including phenoxy) is 2. The van der Waals surface area contributed by atoms with E-state index in [0.717, 1.165) is 24.7 Å². The molecule has 14 atom stereocenters. The molecule has 1 aliphatic heterocycles. The van der Waals surface area contributed by atoms with Crippen LogP contribution in [-0.4, -0.2) is 100 Å². The molecule has 10 nitrogen and oxygen atoms in total. The average molecular weight is 726 g/mol. The summed E-state index contributed by atoms with van der Waals surface area (Å²) in [6.45, 7) is 5.77. The summed E-state index contributed by atoms with van der Waals surface area (Å²) in [4.78, 5) is 26.9. The summed E-state index contributed by atoms with van der Waals surface area (Å²) in [5.41, 5.74) is -6.97. The molecular weight excluding hydrogens is 662 g/mol. The fraction of sp³-hybridized carbons (Fsp3) is 0.857. The van der Waals surface area contributed by atoms with Crippen LogP contribution in [0.3, 0.4) is 0 Å². The van der Waals surface area contributed by atoms with Gasteiger partial charge in [0.15, 0.2) is 0 Å². The Hall–Kier alpha value is -1.66. The van der Waals surface area contributed by atoms with E-state index in [1.165, 1.54) is 31.8 Å². The Labute approximate surface area is 308 Å². The van der Waals surface area contributed by atoms with Gasteiger partial charge in [-0.25, -0.2) is 4.79 Å². The van der Waals surface area contributed by atoms with Crippen LogP contribution in [0.4, 0.5) is 0 Å². The number of hydrogen-bond donors (Lipinski definition) is 6. The Bertz CT molecular complexity index is 1490. The molecule has 6 N–H and O–H groups in total. The van der Waals surface area contributed by atoms with Crippen molar-refractivity contribution in [3.8, 4) is 0 Å². The third-order valence-electron chi connectivity index (χ3n) is 17.6. The van der Waals surface area contributed by atoms with Gasteiger partial charge in [0.2, 0.25) is 0 Å². The maximum atomic E-state index is 13.9. The molecule has 8 aliphatic rings. The summed E-state index contributed by atoms with van der Waals surface area (Å²) in [5, 5.41) is 67.2. The Morgan fingerprint density at radius 3 is 2.54 bits per heavy atom. The first-order valence-electron chi connectivity index (χ1n) is 20.6. The highest BCUT2D eigenvalue weighted by molar-refractivity contribution is 5.87. The highest BCUT2D eigenvalue weighted by Gasteiger charge is 2.84. The number of nitrogens with one attached hydrogen (secondary N) is 1. The maximum Gasteiger partial charge on any atom is 0.331 e. The largest absolute Gasteiger partial charge is 0.450 e. The fourth-order valence-corrected chi connectivity index (χ4v) is 15.0. The standard InChI is InChI=1S/C42H63NO9/c1-25(26-7-4-5-8-26)27-9-10-31-33(46)11-14-38(23-44)34-12-13-37(2)39(24-45)29(21-41(37,49)40(34,48)20-30(17-27)42(31,38)50)18-28(22-43-15-6-16-51-3)36-32(39)19-35(47)52-36/h18-19,23,25-27,29-31,33-34,36,43,45-46,48-50H,4-17,20-22,24H2,1-3H3/t25-,27+,29-,30-,31-,33-,34+,36-,37+,38-,39+,40-,41+,42-/m0/s1. The molecule has 0 bridgehead atoms. The van der Waals surface area contributed by atoms with E-state index in [-0.39, 0.29) is 31.8 Å². The minimum Gasteiger partial charge on any atom is -0.450 e. The van der Waals surface area contributed by atoms with E-state index in [0.29, 0.717) is 69.2 Å². The molecule has 0 aromatic rings. The Morgan fingerprint density at radius 2 is 1.83 bits per heavy atom. The first-order valence-corrected chi connectivity index (χ1v) is 20.6. The van der Waals surface area contributed by atoms with Crippen LogP contribution in [0, 0.1) is 57.7 Å². The predicted octanol–water partition coefficient (Wildman–Crippen LogP) is 3.62. The van der Waals surface area contributed by atoms with E-state index in [1.807, 2.05) is 6.92 Å². The molecule has 6 fully saturated rings. The Balaban J connectivity index is 1.22. The first kappa shape index (κ1) is 37.3. The van der Waals surface area contributed by atoms with E-state index in [1.54, 1.807) is 7.11 Å². The predicted molar refractivity (Wildman–Crippen MR) is 193 cm³/mol. The molecule has 6 saturated carbocycles. The molecule has 0 spiro atoms. The van der Waals surface area contributed by atoms with E-state index in [2.05, 4.69) is 18.3 Å². The fourth-order valence-electron chi connectivity index (χ4n) is 15.0. The zero-order valence-corrected chi connectivity index (χ0v) is 31.5. The van der Waals surface area contributed by atoms with Crippen LogP contribution in [0.15, 0.2) is 23.3 Å². The number of fused-ring (bicyclic) bond motifs is 8. The Morgan fingerprint density at radius 1 is 1.06 bits per heavy atom. The van der Waals surface area contributed by atoms with Gasteiger partial charge in [0, 0.05) is 49.0 Å². The summed E-state index contributed by atoms with van der Waals surface area (Å²) >= 11 is 0. The van der Waals surface area contributed by atoms with Crippen LogP contribution in [0.5, 0.6) is 0 Å². The number of carbonyl (C=O) groups is 2. The van der Waals surface area contributed by atoms with Crippen molar-refractivity contribution < 1.29 is 44.6 Å². The number of hydrogen-bond acceptors (Lipinski definition) is 10. The number of aliphatic hydroxyl groups is 5. The SMILES string of the molecule is COCCCNCC1=C[C@H]2C[C@@]3(O)[C@](C)(CC[C@H]4[C@@]3(O)C[C@@H]3C[C@H]([C@@H](C)C5CCCC5)CC[C@H]5[C@@H](O)CC[C@@]4(C=O)[C@]35O)[C@@]2(CO)C2=CC(=O)O[C@@H]12. The number of rotatable bonds is 10. The van der Waals surface area contributed by atoms with E-state index in [9.17, 15) is 35.1 Å². The number of allylic oxidation sites excluding steroid dienone is 1. The van der Waals surface area contributed by atoms with Crippen molar-refractivity contribution >= 4 is 12.3 Å². The minimum absolute atomic E-state index is 0.122. The van der Waals surface area contributed by atoms with Gasteiger partial charge in [-0.15, -0.1) is 0 Å². The van der Waals surface area contributed by atoms with Gasteiger partial charge in [0.1, 0.15) is 18.0 Å². The van der Waals surface area contributed by atoms with Gasteiger partial charge in [0.25, 0.3) is 0 Å². The highest BCUT2D eigenvalue weighted by Crippen LogP contribution is 2.79. The van der Waals surface area contributed by atoms with Gasteiger partial charge < -0.3 is 45.1 Å². The van der Waals surface area contributed by atoms with E-state index >= 15 is 0 Å². The normalized spacial score (nSPS) is 50.1. The second-order valence-electron chi connectivity index (χ2n) is 18.9. The van der Waals surface area contributed by atoms with Crippen molar-refractivity contribution in [1.82, 2.24) is 5.32 Å². The monoisotopic (exact) mass is 725 g/mol. The minimum atomic E-state index is -1.76. The molecule has 0 amide bonds. The third-order valence-corrected chi connectivity index (χ3v) is 17.6. The van der Waals surface area contributed by atoms with Crippen molar-refractivity contribution in [2.45, 2.75) is 133 Å². The molecule has 0 aromatic heterocycles. The molecule has 290 valence electrons. The molecule has 0 saturated heterocycles. The molecule has 0 unspecified atom stereocenters. The van der Waals surface area contributed by atoms with E-state index in [4.69, 9.17) is 9.47 Å². The lowest BCUT2D eigenvalue weighted by Gasteiger charge is -2.72. The maximum absolute atomic E-state index is 13.9. The first-order chi connectivity index (χ1) is 24.8. The lowest BCUT2D eigenvalue weighted by molar-refractivity contribution is -0.345. The molecule has 1 heterocycles. The molecule has 0 radical (unpaired) electrons. The molecule has 10 heteroatoms. The van der Waals surface area contributed by atoms with Gasteiger partial charge in [-0.3, -0.25) is 0 Å². The molecule has 8 rings (SSSR count). The summed E-state index contributed by atoms with van der Waals surface area (Å²) in [6, 6.07) is 0. The topological polar surface area (TPSA) is 166 Å². The van der Waals surface area contributed by atoms with Crippen molar-refractivity contribution in [2.24, 2.45) is 57.7 Å². The van der Waals surface area contributed by atoms with Crippen LogP contribution in [-0.2, 0) is 19.1 Å². The number of aldehydes is 1. The van der Waals surface area contributed by atoms with Crippen molar-refractivity contribution in [3.05, 3.63) is 23.3 Å². The lowest BCUT2D eigenvalue weighted by atomic mass is 9.35. The summed E-state index contributed by atoms with van der Waals surface area (Å²) in [5.74, 6) is -1.28. The molecule has 52 heavy (non-hydrogen) atoms. The quantitative estimate of drug-likeness (QED) is 0.0849. The summed E-state index contributed by atoms with van der Waals surface area (Å²) in [7, 11) is 1.67. The van der Waals surface area contributed by atoms with E-state index < -0.39 is 74.9 Å². The average Bonchev–Trinajstić information content (AvgIpc) is 3.82. The molecule has 7 aliphatic carbocycles. The van der Waals surface area contributed by atoms with Gasteiger partial charge in [0.05, 0.1) is 29.3 Å². The van der Waals surface area contributed by atoms with Crippen LogP contribution in [0.1, 0.15) is 104 Å². The van der Waals surface area contributed by atoms with Gasteiger partial charge in [-0.05, 0) is 111 Å². The number of carbonyl (C=O) groups excluding carboxylic acids is 2. The third kappa shape index (κ3) is 4.61. The van der Waals surface area contributed by atoms with Crippen LogP contribution < -0.4 is 5.32 Å². The van der Waals surface area contributed by atoms with Gasteiger partial charge >= 0.3 is 5.97 Å².